The molecule has 4 nitrogen and oxygen atoms in total. The first kappa shape index (κ1) is 16.1. The molecule has 0 fully saturated rings. The monoisotopic (exact) mass is 354 g/mol. The predicted molar refractivity (Wildman–Crippen MR) is 85.1 cm³/mol. The summed E-state index contributed by atoms with van der Waals surface area (Å²) in [5.41, 5.74) is 2.84. The van der Waals surface area contributed by atoms with Crippen LogP contribution in [0.3, 0.4) is 0 Å². The lowest BCUT2D eigenvalue weighted by Gasteiger charge is -2.15. The van der Waals surface area contributed by atoms with Crippen LogP contribution in [0.5, 0.6) is 0 Å². The van der Waals surface area contributed by atoms with E-state index in [1.165, 1.54) is 6.07 Å². The topological polar surface area (TPSA) is 42.7 Å². The van der Waals surface area contributed by atoms with Crippen molar-refractivity contribution in [3.63, 3.8) is 0 Å². The Morgan fingerprint density at radius 2 is 2.10 bits per heavy atom. The molecule has 0 saturated heterocycles. The van der Waals surface area contributed by atoms with Crippen LogP contribution in [0.15, 0.2) is 22.7 Å². The lowest BCUT2D eigenvalue weighted by molar-refractivity contribution is 0.520. The molecule has 114 valence electrons. The Hall–Kier alpha value is -1.27. The van der Waals surface area contributed by atoms with E-state index in [0.717, 1.165) is 36.5 Å². The second kappa shape index (κ2) is 7.13. The largest absolute Gasteiger partial charge is 0.309 e. The molecule has 0 bridgehead atoms. The van der Waals surface area contributed by atoms with Crippen molar-refractivity contribution in [3.05, 3.63) is 39.9 Å². The van der Waals surface area contributed by atoms with Crippen molar-refractivity contribution in [2.75, 3.05) is 6.54 Å². The molecule has 0 spiro atoms. The highest BCUT2D eigenvalue weighted by atomic mass is 79.9. The molecule has 1 N–H and O–H groups in total. The van der Waals surface area contributed by atoms with Crippen LogP contribution < -0.4 is 5.32 Å². The fourth-order valence-corrected chi connectivity index (χ4v) is 2.79. The molecule has 2 rings (SSSR count). The van der Waals surface area contributed by atoms with Crippen molar-refractivity contribution < 1.29 is 4.39 Å². The van der Waals surface area contributed by atoms with Crippen LogP contribution in [0, 0.1) is 5.82 Å². The average molecular weight is 355 g/mol. The molecule has 0 aliphatic rings. The van der Waals surface area contributed by atoms with Crippen LogP contribution in [0.1, 0.15) is 44.6 Å². The van der Waals surface area contributed by atoms with E-state index < -0.39 is 0 Å². The van der Waals surface area contributed by atoms with E-state index in [2.05, 4.69) is 52.3 Å². The molecule has 1 aromatic carbocycles. The van der Waals surface area contributed by atoms with Crippen molar-refractivity contribution in [2.45, 2.75) is 39.7 Å². The second-order valence-corrected chi connectivity index (χ2v) is 5.66. The SMILES string of the molecule is CCNC(CC)c1nnn(-c2ccc(F)c(Br)c2)c1CC. The fraction of sp³-hybridized carbons (Fsp3) is 0.467. The normalized spacial score (nSPS) is 12.6. The smallest absolute Gasteiger partial charge is 0.137 e. The predicted octanol–water partition coefficient (Wildman–Crippen LogP) is 3.79. The summed E-state index contributed by atoms with van der Waals surface area (Å²) in [5.74, 6) is -0.281. The zero-order valence-electron chi connectivity index (χ0n) is 12.5. The number of nitrogens with one attached hydrogen (secondary N) is 1. The summed E-state index contributed by atoms with van der Waals surface area (Å²) in [6.07, 6.45) is 1.77. The lowest BCUT2D eigenvalue weighted by Crippen LogP contribution is -2.21. The average Bonchev–Trinajstić information content (AvgIpc) is 2.91. The van der Waals surface area contributed by atoms with E-state index in [9.17, 15) is 4.39 Å². The molecule has 0 aliphatic heterocycles. The Morgan fingerprint density at radius 1 is 1.33 bits per heavy atom. The zero-order valence-corrected chi connectivity index (χ0v) is 14.1. The summed E-state index contributed by atoms with van der Waals surface area (Å²) >= 11 is 3.22. The van der Waals surface area contributed by atoms with Crippen LogP contribution in [-0.4, -0.2) is 21.5 Å². The lowest BCUT2D eigenvalue weighted by atomic mass is 10.1. The summed E-state index contributed by atoms with van der Waals surface area (Å²) < 4.78 is 15.6. The van der Waals surface area contributed by atoms with Gasteiger partial charge in [-0.05, 0) is 53.5 Å². The first-order chi connectivity index (χ1) is 10.1. The summed E-state index contributed by atoms with van der Waals surface area (Å²) in [6, 6.07) is 5.07. The minimum atomic E-state index is -0.281. The third-order valence-corrected chi connectivity index (χ3v) is 4.07. The van der Waals surface area contributed by atoms with Gasteiger partial charge in [0.25, 0.3) is 0 Å². The quantitative estimate of drug-likeness (QED) is 0.857. The molecule has 2 aromatic rings. The molecular formula is C15H20BrFN4. The molecule has 1 heterocycles. The molecule has 0 aliphatic carbocycles. The number of hydrogen-bond acceptors (Lipinski definition) is 3. The molecule has 0 radical (unpaired) electrons. The molecule has 0 amide bonds. The van der Waals surface area contributed by atoms with Gasteiger partial charge in [-0.2, -0.15) is 0 Å². The molecule has 0 saturated carbocycles. The second-order valence-electron chi connectivity index (χ2n) is 4.80. The Balaban J connectivity index is 2.45. The molecule has 1 aromatic heterocycles. The van der Waals surface area contributed by atoms with Gasteiger partial charge in [0.2, 0.25) is 0 Å². The van der Waals surface area contributed by atoms with Gasteiger partial charge in [0.05, 0.1) is 21.9 Å². The summed E-state index contributed by atoms with van der Waals surface area (Å²) in [7, 11) is 0. The van der Waals surface area contributed by atoms with Crippen LogP contribution >= 0.6 is 15.9 Å². The number of benzene rings is 1. The summed E-state index contributed by atoms with van der Waals surface area (Å²) in [4.78, 5) is 0. The van der Waals surface area contributed by atoms with E-state index in [4.69, 9.17) is 0 Å². The van der Waals surface area contributed by atoms with Crippen LogP contribution in [-0.2, 0) is 6.42 Å². The molecule has 1 atom stereocenters. The maximum absolute atomic E-state index is 13.4. The van der Waals surface area contributed by atoms with Gasteiger partial charge in [0.15, 0.2) is 0 Å². The van der Waals surface area contributed by atoms with Crippen molar-refractivity contribution in [1.82, 2.24) is 20.3 Å². The van der Waals surface area contributed by atoms with Gasteiger partial charge in [-0.1, -0.05) is 26.0 Å². The Kier molecular flexibility index (Phi) is 5.47. The molecule has 21 heavy (non-hydrogen) atoms. The molecule has 1 unspecified atom stereocenters. The van der Waals surface area contributed by atoms with Crippen LogP contribution in [0.25, 0.3) is 5.69 Å². The van der Waals surface area contributed by atoms with E-state index in [-0.39, 0.29) is 11.9 Å². The first-order valence-electron chi connectivity index (χ1n) is 7.25. The highest BCUT2D eigenvalue weighted by molar-refractivity contribution is 9.10. The molecule has 6 heteroatoms. The highest BCUT2D eigenvalue weighted by Crippen LogP contribution is 2.24. The number of halogens is 2. The summed E-state index contributed by atoms with van der Waals surface area (Å²) in [5, 5.41) is 12.0. The first-order valence-corrected chi connectivity index (χ1v) is 8.04. The van der Waals surface area contributed by atoms with E-state index in [1.807, 2.05) is 0 Å². The minimum Gasteiger partial charge on any atom is -0.309 e. The van der Waals surface area contributed by atoms with Gasteiger partial charge >= 0.3 is 0 Å². The Morgan fingerprint density at radius 3 is 2.67 bits per heavy atom. The van der Waals surface area contributed by atoms with Gasteiger partial charge in [0, 0.05) is 0 Å². The van der Waals surface area contributed by atoms with Crippen molar-refractivity contribution >= 4 is 15.9 Å². The van der Waals surface area contributed by atoms with Gasteiger partial charge in [-0.25, -0.2) is 9.07 Å². The maximum atomic E-state index is 13.4. The van der Waals surface area contributed by atoms with E-state index >= 15 is 0 Å². The van der Waals surface area contributed by atoms with Gasteiger partial charge in [-0.15, -0.1) is 5.10 Å². The maximum Gasteiger partial charge on any atom is 0.137 e. The number of rotatable bonds is 6. The third-order valence-electron chi connectivity index (χ3n) is 3.46. The number of hydrogen-bond donors (Lipinski definition) is 1. The van der Waals surface area contributed by atoms with E-state index in [0.29, 0.717) is 4.47 Å². The van der Waals surface area contributed by atoms with Gasteiger partial charge in [-0.3, -0.25) is 0 Å². The zero-order chi connectivity index (χ0) is 15.4. The highest BCUT2D eigenvalue weighted by Gasteiger charge is 2.19. The van der Waals surface area contributed by atoms with Crippen LogP contribution in [0.2, 0.25) is 0 Å². The third kappa shape index (κ3) is 3.32. The fourth-order valence-electron chi connectivity index (χ4n) is 2.42. The standard InChI is InChI=1S/C15H20BrFN4/c1-4-13(18-6-3)15-14(5-2)21(20-19-15)10-7-8-12(17)11(16)9-10/h7-9,13,18H,4-6H2,1-3H3. The Bertz CT molecular complexity index is 612. The van der Waals surface area contributed by atoms with Crippen molar-refractivity contribution in [2.24, 2.45) is 0 Å². The van der Waals surface area contributed by atoms with E-state index in [1.54, 1.807) is 16.8 Å². The van der Waals surface area contributed by atoms with Gasteiger partial charge < -0.3 is 5.32 Å². The van der Waals surface area contributed by atoms with Crippen molar-refractivity contribution in [1.29, 1.82) is 0 Å². The molecular weight excluding hydrogens is 335 g/mol. The van der Waals surface area contributed by atoms with Crippen molar-refractivity contribution in [3.8, 4) is 5.69 Å². The van der Waals surface area contributed by atoms with Gasteiger partial charge in [0.1, 0.15) is 11.5 Å². The number of aromatic nitrogens is 3. The minimum absolute atomic E-state index is 0.197. The Labute approximate surface area is 132 Å². The van der Waals surface area contributed by atoms with Crippen LogP contribution in [0.4, 0.5) is 4.39 Å². The number of nitrogens with zero attached hydrogens (tertiary/aromatic N) is 3. The summed E-state index contributed by atoms with van der Waals surface area (Å²) in [6.45, 7) is 7.17.